The first kappa shape index (κ1) is 18.6. The number of nitrogens with zero attached hydrogens (tertiary/aromatic N) is 4. The molecule has 29 heavy (non-hydrogen) atoms. The second-order valence-electron chi connectivity index (χ2n) is 6.24. The van der Waals surface area contributed by atoms with Crippen LogP contribution in [0.2, 0.25) is 0 Å². The summed E-state index contributed by atoms with van der Waals surface area (Å²) in [6.45, 7) is 1.65. The molecule has 4 aromatic rings. The Morgan fingerprint density at radius 3 is 2.79 bits per heavy atom. The highest BCUT2D eigenvalue weighted by atomic mass is 32.1. The SMILES string of the molecule is CC(=O)Nc1nc(C(=O)Nc2cccc(Cn3nc4ccccn4c3=O)c2)cs1. The molecular weight excluding hydrogens is 392 g/mol. The molecule has 9 nitrogen and oxygen atoms in total. The third-order valence-corrected chi connectivity index (χ3v) is 4.78. The van der Waals surface area contributed by atoms with Crippen molar-refractivity contribution in [3.05, 3.63) is 75.8 Å². The second-order valence-corrected chi connectivity index (χ2v) is 7.10. The summed E-state index contributed by atoms with van der Waals surface area (Å²) in [4.78, 5) is 40.0. The molecule has 0 radical (unpaired) electrons. The van der Waals surface area contributed by atoms with Crippen molar-refractivity contribution in [1.29, 1.82) is 0 Å². The number of thiazole rings is 1. The highest BCUT2D eigenvalue weighted by Crippen LogP contribution is 2.17. The molecule has 0 unspecified atom stereocenters. The van der Waals surface area contributed by atoms with Crippen LogP contribution in [0.25, 0.3) is 5.65 Å². The fourth-order valence-electron chi connectivity index (χ4n) is 2.77. The Morgan fingerprint density at radius 2 is 2.00 bits per heavy atom. The summed E-state index contributed by atoms with van der Waals surface area (Å²) < 4.78 is 2.84. The van der Waals surface area contributed by atoms with E-state index in [1.165, 1.54) is 27.3 Å². The predicted octanol–water partition coefficient (Wildman–Crippen LogP) is 2.21. The minimum atomic E-state index is -0.389. The Hall–Kier alpha value is -3.79. The van der Waals surface area contributed by atoms with Crippen molar-refractivity contribution >= 4 is 39.6 Å². The third kappa shape index (κ3) is 4.06. The molecule has 2 amide bonds. The molecule has 10 heteroatoms. The van der Waals surface area contributed by atoms with Crippen molar-refractivity contribution in [3.63, 3.8) is 0 Å². The van der Waals surface area contributed by atoms with E-state index in [-0.39, 0.29) is 29.7 Å². The highest BCUT2D eigenvalue weighted by molar-refractivity contribution is 7.14. The maximum absolute atomic E-state index is 12.4. The van der Waals surface area contributed by atoms with Gasteiger partial charge < -0.3 is 10.6 Å². The molecule has 0 spiro atoms. The standard InChI is InChI=1S/C19H16N6O3S/c1-12(26)20-18-22-15(11-29-18)17(27)21-14-6-4-5-13(9-14)10-25-19(28)24-8-3-2-7-16(24)23-25/h2-9,11H,10H2,1H3,(H,21,27)(H,20,22,26). The van der Waals surface area contributed by atoms with Crippen molar-refractivity contribution in [2.45, 2.75) is 13.5 Å². The van der Waals surface area contributed by atoms with Gasteiger partial charge in [0.05, 0.1) is 6.54 Å². The first-order valence-electron chi connectivity index (χ1n) is 8.67. The van der Waals surface area contributed by atoms with Crippen molar-refractivity contribution in [1.82, 2.24) is 19.2 Å². The number of nitrogens with one attached hydrogen (secondary N) is 2. The summed E-state index contributed by atoms with van der Waals surface area (Å²) in [5.74, 6) is -0.638. The number of aromatic nitrogens is 4. The van der Waals surface area contributed by atoms with E-state index in [1.807, 2.05) is 12.1 Å². The predicted molar refractivity (Wildman–Crippen MR) is 109 cm³/mol. The lowest BCUT2D eigenvalue weighted by atomic mass is 10.2. The zero-order chi connectivity index (χ0) is 20.4. The summed E-state index contributed by atoms with van der Waals surface area (Å²) in [7, 11) is 0. The van der Waals surface area contributed by atoms with Crippen molar-refractivity contribution in [3.8, 4) is 0 Å². The Kier molecular flexibility index (Phi) is 4.92. The van der Waals surface area contributed by atoms with E-state index in [2.05, 4.69) is 20.7 Å². The van der Waals surface area contributed by atoms with Gasteiger partial charge in [0.15, 0.2) is 10.8 Å². The van der Waals surface area contributed by atoms with E-state index in [1.54, 1.807) is 41.9 Å². The molecule has 1 aromatic carbocycles. The molecule has 0 fully saturated rings. The van der Waals surface area contributed by atoms with Gasteiger partial charge in [-0.1, -0.05) is 18.2 Å². The van der Waals surface area contributed by atoms with Gasteiger partial charge in [-0.05, 0) is 29.8 Å². The van der Waals surface area contributed by atoms with Crippen LogP contribution in [0.5, 0.6) is 0 Å². The molecule has 0 atom stereocenters. The van der Waals surface area contributed by atoms with Crippen LogP contribution < -0.4 is 16.3 Å². The first-order chi connectivity index (χ1) is 14.0. The topological polar surface area (TPSA) is 110 Å². The van der Waals surface area contributed by atoms with Gasteiger partial charge in [-0.25, -0.2) is 14.5 Å². The molecule has 3 aromatic heterocycles. The molecule has 0 bridgehead atoms. The largest absolute Gasteiger partial charge is 0.350 e. The van der Waals surface area contributed by atoms with Crippen molar-refractivity contribution in [2.24, 2.45) is 0 Å². The van der Waals surface area contributed by atoms with E-state index >= 15 is 0 Å². The van der Waals surface area contributed by atoms with Gasteiger partial charge in [0.2, 0.25) is 5.91 Å². The lowest BCUT2D eigenvalue weighted by molar-refractivity contribution is -0.114. The van der Waals surface area contributed by atoms with Crippen LogP contribution >= 0.6 is 11.3 Å². The van der Waals surface area contributed by atoms with E-state index in [0.717, 1.165) is 5.56 Å². The highest BCUT2D eigenvalue weighted by Gasteiger charge is 2.12. The lowest BCUT2D eigenvalue weighted by Gasteiger charge is -2.06. The van der Waals surface area contributed by atoms with Gasteiger partial charge in [-0.2, -0.15) is 0 Å². The molecule has 4 rings (SSSR count). The first-order valence-corrected chi connectivity index (χ1v) is 9.55. The van der Waals surface area contributed by atoms with Crippen LogP contribution in [0.1, 0.15) is 23.0 Å². The summed E-state index contributed by atoms with van der Waals surface area (Å²) in [5.41, 5.74) is 1.92. The average molecular weight is 408 g/mol. The normalized spacial score (nSPS) is 10.8. The van der Waals surface area contributed by atoms with Gasteiger partial charge in [0.25, 0.3) is 5.91 Å². The van der Waals surface area contributed by atoms with Crippen LogP contribution in [-0.2, 0) is 11.3 Å². The van der Waals surface area contributed by atoms with Crippen LogP contribution in [0.3, 0.4) is 0 Å². The number of carbonyl (C=O) groups excluding carboxylic acids is 2. The third-order valence-electron chi connectivity index (χ3n) is 4.03. The average Bonchev–Trinajstić information content (AvgIpc) is 3.27. The zero-order valence-corrected chi connectivity index (χ0v) is 16.1. The minimum absolute atomic E-state index is 0.209. The number of carbonyl (C=O) groups is 2. The van der Waals surface area contributed by atoms with E-state index in [0.29, 0.717) is 16.5 Å². The molecule has 3 heterocycles. The fourth-order valence-corrected chi connectivity index (χ4v) is 3.51. The smallest absolute Gasteiger partial charge is 0.321 e. The molecule has 0 aliphatic heterocycles. The van der Waals surface area contributed by atoms with Gasteiger partial charge >= 0.3 is 5.69 Å². The number of amides is 2. The minimum Gasteiger partial charge on any atom is -0.321 e. The summed E-state index contributed by atoms with van der Waals surface area (Å²) in [6, 6.07) is 12.5. The number of pyridine rings is 1. The molecular formula is C19H16N6O3S. The van der Waals surface area contributed by atoms with Crippen LogP contribution in [0.15, 0.2) is 58.8 Å². The molecule has 0 saturated carbocycles. The zero-order valence-electron chi connectivity index (χ0n) is 15.3. The number of hydrogen-bond acceptors (Lipinski definition) is 6. The van der Waals surface area contributed by atoms with Crippen LogP contribution in [0, 0.1) is 0 Å². The Morgan fingerprint density at radius 1 is 1.14 bits per heavy atom. The Labute approximate surface area is 168 Å². The summed E-state index contributed by atoms with van der Waals surface area (Å²) in [6.07, 6.45) is 1.67. The second kappa shape index (κ2) is 7.68. The number of rotatable bonds is 5. The Balaban J connectivity index is 1.50. The van der Waals surface area contributed by atoms with Gasteiger partial charge in [0.1, 0.15) is 5.69 Å². The van der Waals surface area contributed by atoms with Gasteiger partial charge in [-0.3, -0.25) is 14.0 Å². The number of anilines is 2. The molecule has 146 valence electrons. The number of fused-ring (bicyclic) bond motifs is 1. The summed E-state index contributed by atoms with van der Waals surface area (Å²) >= 11 is 1.17. The monoisotopic (exact) mass is 408 g/mol. The quantitative estimate of drug-likeness (QED) is 0.526. The number of hydrogen-bond donors (Lipinski definition) is 2. The van der Waals surface area contributed by atoms with Crippen molar-refractivity contribution in [2.75, 3.05) is 10.6 Å². The van der Waals surface area contributed by atoms with Gasteiger partial charge in [-0.15, -0.1) is 16.4 Å². The molecule has 2 N–H and O–H groups in total. The van der Waals surface area contributed by atoms with Crippen LogP contribution in [0.4, 0.5) is 10.8 Å². The van der Waals surface area contributed by atoms with E-state index < -0.39 is 0 Å². The van der Waals surface area contributed by atoms with Crippen LogP contribution in [-0.4, -0.2) is 31.0 Å². The molecule has 0 saturated heterocycles. The van der Waals surface area contributed by atoms with Gasteiger partial charge in [0, 0.05) is 24.2 Å². The van der Waals surface area contributed by atoms with Crippen molar-refractivity contribution < 1.29 is 9.59 Å². The maximum Gasteiger partial charge on any atom is 0.350 e. The molecule has 0 aliphatic carbocycles. The molecule has 0 aliphatic rings. The van der Waals surface area contributed by atoms with E-state index in [9.17, 15) is 14.4 Å². The lowest BCUT2D eigenvalue weighted by Crippen LogP contribution is -2.21. The maximum atomic E-state index is 12.4. The number of benzene rings is 1. The Bertz CT molecular complexity index is 1270. The fraction of sp³-hybridized carbons (Fsp3) is 0.105. The summed E-state index contributed by atoms with van der Waals surface area (Å²) in [5, 5.41) is 11.6. The van der Waals surface area contributed by atoms with E-state index in [4.69, 9.17) is 0 Å².